The normalized spacial score (nSPS) is 16.9. The van der Waals surface area contributed by atoms with Crippen LogP contribution in [0.4, 0.5) is 0 Å². The Morgan fingerprint density at radius 1 is 1.31 bits per heavy atom. The second-order valence-corrected chi connectivity index (χ2v) is 7.44. The average molecular weight is 397 g/mol. The number of benzene rings is 1. The number of aliphatic imine (C=N–C) groups is 1. The molecular formula is C22H32N6O. The Hall–Kier alpha value is -2.83. The third-order valence-electron chi connectivity index (χ3n) is 5.33. The van der Waals surface area contributed by atoms with Crippen molar-refractivity contribution in [1.29, 1.82) is 0 Å². The first-order valence-corrected chi connectivity index (χ1v) is 10.4. The molecule has 156 valence electrons. The molecular weight excluding hydrogens is 364 g/mol. The summed E-state index contributed by atoms with van der Waals surface area (Å²) in [5, 5.41) is 7.64. The molecule has 0 aliphatic carbocycles. The van der Waals surface area contributed by atoms with Gasteiger partial charge in [0.2, 0.25) is 5.91 Å². The molecule has 1 saturated heterocycles. The van der Waals surface area contributed by atoms with E-state index in [0.717, 1.165) is 37.6 Å². The lowest BCUT2D eigenvalue weighted by Gasteiger charge is -2.23. The number of aromatic nitrogens is 2. The van der Waals surface area contributed by atoms with Gasteiger partial charge in [0.25, 0.3) is 0 Å². The van der Waals surface area contributed by atoms with Crippen LogP contribution < -0.4 is 5.32 Å². The van der Waals surface area contributed by atoms with E-state index in [9.17, 15) is 4.79 Å². The summed E-state index contributed by atoms with van der Waals surface area (Å²) in [7, 11) is 1.95. The maximum absolute atomic E-state index is 12.8. The summed E-state index contributed by atoms with van der Waals surface area (Å²) in [5.41, 5.74) is 2.40. The maximum atomic E-state index is 12.8. The quantitative estimate of drug-likeness (QED) is 0.576. The second kappa shape index (κ2) is 10.1. The highest BCUT2D eigenvalue weighted by Gasteiger charge is 2.27. The Kier molecular flexibility index (Phi) is 7.27. The van der Waals surface area contributed by atoms with E-state index in [4.69, 9.17) is 0 Å². The van der Waals surface area contributed by atoms with Crippen molar-refractivity contribution < 1.29 is 4.79 Å². The van der Waals surface area contributed by atoms with Gasteiger partial charge >= 0.3 is 0 Å². The van der Waals surface area contributed by atoms with E-state index >= 15 is 0 Å². The fourth-order valence-corrected chi connectivity index (χ4v) is 3.72. The van der Waals surface area contributed by atoms with E-state index < -0.39 is 0 Å². The molecule has 0 spiro atoms. The minimum Gasteiger partial charge on any atom is -0.357 e. The molecule has 29 heavy (non-hydrogen) atoms. The summed E-state index contributed by atoms with van der Waals surface area (Å²) in [4.78, 5) is 21.5. The van der Waals surface area contributed by atoms with E-state index in [-0.39, 0.29) is 12.5 Å². The molecule has 2 aromatic rings. The number of hydrogen-bond acceptors (Lipinski definition) is 3. The lowest BCUT2D eigenvalue weighted by atomic mass is 10.0. The zero-order chi connectivity index (χ0) is 20.6. The number of amides is 1. The van der Waals surface area contributed by atoms with Crippen molar-refractivity contribution in [3.63, 3.8) is 0 Å². The van der Waals surface area contributed by atoms with Gasteiger partial charge in [-0.15, -0.1) is 0 Å². The number of nitrogens with one attached hydrogen (secondary N) is 1. The summed E-state index contributed by atoms with van der Waals surface area (Å²) in [6, 6.07) is 10.1. The molecule has 1 aromatic heterocycles. The predicted molar refractivity (Wildman–Crippen MR) is 116 cm³/mol. The van der Waals surface area contributed by atoms with Crippen LogP contribution in [0.3, 0.4) is 0 Å². The Morgan fingerprint density at radius 3 is 2.76 bits per heavy atom. The lowest BCUT2D eigenvalue weighted by Crippen LogP contribution is -2.41. The van der Waals surface area contributed by atoms with Gasteiger partial charge < -0.3 is 15.1 Å². The topological polar surface area (TPSA) is 65.8 Å². The molecule has 1 fully saturated rings. The highest BCUT2D eigenvalue weighted by Crippen LogP contribution is 2.26. The van der Waals surface area contributed by atoms with Gasteiger partial charge in [-0.25, -0.2) is 4.99 Å². The number of rotatable bonds is 7. The largest absolute Gasteiger partial charge is 0.357 e. The molecule has 2 heterocycles. The minimum atomic E-state index is 0.0507. The van der Waals surface area contributed by atoms with Gasteiger partial charge in [0.15, 0.2) is 5.96 Å². The Bertz CT molecular complexity index is 816. The maximum Gasteiger partial charge on any atom is 0.244 e. The van der Waals surface area contributed by atoms with Crippen LogP contribution >= 0.6 is 0 Å². The van der Waals surface area contributed by atoms with Crippen molar-refractivity contribution in [2.45, 2.75) is 32.7 Å². The molecule has 7 heteroatoms. The molecule has 1 atom stereocenters. The molecule has 1 aliphatic heterocycles. The van der Waals surface area contributed by atoms with Crippen molar-refractivity contribution in [3.05, 3.63) is 53.9 Å². The molecule has 0 saturated carbocycles. The van der Waals surface area contributed by atoms with Gasteiger partial charge in [-0.1, -0.05) is 30.3 Å². The number of guanidine groups is 1. The molecule has 0 radical (unpaired) electrons. The molecule has 1 N–H and O–H groups in total. The molecule has 1 amide bonds. The first-order valence-electron chi connectivity index (χ1n) is 10.4. The molecule has 0 bridgehead atoms. The van der Waals surface area contributed by atoms with Gasteiger partial charge in [0.05, 0.1) is 6.20 Å². The first kappa shape index (κ1) is 20.9. The molecule has 3 rings (SSSR count). The van der Waals surface area contributed by atoms with Gasteiger partial charge in [0.1, 0.15) is 6.54 Å². The van der Waals surface area contributed by atoms with Gasteiger partial charge in [-0.3, -0.25) is 9.48 Å². The van der Waals surface area contributed by atoms with Crippen molar-refractivity contribution in [2.75, 3.05) is 32.7 Å². The Morgan fingerprint density at radius 2 is 2.10 bits per heavy atom. The van der Waals surface area contributed by atoms with Crippen LogP contribution in [0.2, 0.25) is 0 Å². The van der Waals surface area contributed by atoms with Crippen LogP contribution in [-0.2, 0) is 18.4 Å². The number of aryl methyl sites for hydroxylation is 1. The lowest BCUT2D eigenvalue weighted by molar-refractivity contribution is -0.130. The number of nitrogens with zero attached hydrogens (tertiary/aromatic N) is 5. The monoisotopic (exact) mass is 396 g/mol. The van der Waals surface area contributed by atoms with E-state index in [0.29, 0.717) is 19.0 Å². The fourth-order valence-electron chi connectivity index (χ4n) is 3.72. The van der Waals surface area contributed by atoms with Crippen LogP contribution in [0.15, 0.2) is 47.7 Å². The highest BCUT2D eigenvalue weighted by molar-refractivity contribution is 5.85. The first-order chi connectivity index (χ1) is 14.1. The minimum absolute atomic E-state index is 0.0507. The molecule has 1 aliphatic rings. The Labute approximate surface area is 173 Å². The van der Waals surface area contributed by atoms with Crippen LogP contribution in [0.25, 0.3) is 0 Å². The number of carbonyl (C=O) groups is 1. The molecule has 7 nitrogen and oxygen atoms in total. The predicted octanol–water partition coefficient (Wildman–Crippen LogP) is 2.22. The second-order valence-electron chi connectivity index (χ2n) is 7.44. The molecule has 1 aromatic carbocycles. The zero-order valence-electron chi connectivity index (χ0n) is 17.7. The summed E-state index contributed by atoms with van der Waals surface area (Å²) in [6.07, 6.45) is 5.11. The smallest absolute Gasteiger partial charge is 0.244 e. The van der Waals surface area contributed by atoms with Gasteiger partial charge in [0, 0.05) is 51.9 Å². The van der Waals surface area contributed by atoms with E-state index in [1.165, 1.54) is 5.56 Å². The highest BCUT2D eigenvalue weighted by atomic mass is 16.2. The summed E-state index contributed by atoms with van der Waals surface area (Å²) in [6.45, 7) is 8.13. The van der Waals surface area contributed by atoms with Gasteiger partial charge in [-0.05, 0) is 31.4 Å². The Balaban J connectivity index is 1.61. The number of likely N-dealkylation sites (N-methyl/N-ethyl adjacent to an activating group) is 1. The average Bonchev–Trinajstić information content (AvgIpc) is 3.39. The van der Waals surface area contributed by atoms with Crippen LogP contribution in [0.1, 0.15) is 37.3 Å². The van der Waals surface area contributed by atoms with E-state index in [2.05, 4.69) is 33.4 Å². The van der Waals surface area contributed by atoms with Crippen LogP contribution in [0.5, 0.6) is 0 Å². The van der Waals surface area contributed by atoms with Gasteiger partial charge in [-0.2, -0.15) is 5.10 Å². The number of likely N-dealkylation sites (tertiary alicyclic amines) is 1. The standard InChI is InChI=1S/C22H32N6O/c1-4-23-22(28-12-11-19(17-28)20-13-25-26(3)16-20)24-14-21(29)27(5-2)15-18-9-7-6-8-10-18/h6-10,13,16,19H,4-5,11-12,14-15,17H2,1-3H3,(H,23,24). The van der Waals surface area contributed by atoms with Crippen molar-refractivity contribution in [1.82, 2.24) is 24.9 Å². The van der Waals surface area contributed by atoms with E-state index in [1.807, 2.05) is 60.1 Å². The number of hydrogen-bond donors (Lipinski definition) is 1. The zero-order valence-corrected chi connectivity index (χ0v) is 17.7. The van der Waals surface area contributed by atoms with Crippen molar-refractivity contribution >= 4 is 11.9 Å². The van der Waals surface area contributed by atoms with Crippen LogP contribution in [-0.4, -0.2) is 64.2 Å². The van der Waals surface area contributed by atoms with Crippen molar-refractivity contribution in [2.24, 2.45) is 12.0 Å². The third kappa shape index (κ3) is 5.59. The summed E-state index contributed by atoms with van der Waals surface area (Å²) >= 11 is 0. The van der Waals surface area contributed by atoms with E-state index in [1.54, 1.807) is 0 Å². The summed E-state index contributed by atoms with van der Waals surface area (Å²) in [5.74, 6) is 1.33. The van der Waals surface area contributed by atoms with Crippen molar-refractivity contribution in [3.8, 4) is 0 Å². The SMILES string of the molecule is CCNC(=NCC(=O)N(CC)Cc1ccccc1)N1CCC(c2cnn(C)c2)C1. The third-order valence-corrected chi connectivity index (χ3v) is 5.33. The summed E-state index contributed by atoms with van der Waals surface area (Å²) < 4.78 is 1.85. The molecule has 1 unspecified atom stereocenters. The fraction of sp³-hybridized carbons (Fsp3) is 0.500. The number of carbonyl (C=O) groups excluding carboxylic acids is 1. The van der Waals surface area contributed by atoms with Crippen LogP contribution in [0, 0.1) is 0 Å².